The molecule has 0 spiro atoms. The zero-order valence-electron chi connectivity index (χ0n) is 16.3. The van der Waals surface area contributed by atoms with Crippen molar-refractivity contribution in [1.82, 2.24) is 15.0 Å². The lowest BCUT2D eigenvalue weighted by molar-refractivity contribution is 0.159. The van der Waals surface area contributed by atoms with Gasteiger partial charge in [0, 0.05) is 30.8 Å². The van der Waals surface area contributed by atoms with Crippen molar-refractivity contribution in [3.8, 4) is 6.07 Å². The van der Waals surface area contributed by atoms with Crippen LogP contribution in [0, 0.1) is 11.3 Å². The molecule has 26 heavy (non-hydrogen) atoms. The van der Waals surface area contributed by atoms with E-state index in [9.17, 15) is 0 Å². The van der Waals surface area contributed by atoms with Gasteiger partial charge in [0.2, 0.25) is 0 Å². The SMILES string of the molecule is C=Cc1c(C/C=N\N(C(C)C)[C@@H](CC#N)CCSC)ncnc1NCC. The van der Waals surface area contributed by atoms with Crippen LogP contribution in [0.25, 0.3) is 6.08 Å². The van der Waals surface area contributed by atoms with Crippen molar-refractivity contribution in [3.05, 3.63) is 24.2 Å². The predicted molar refractivity (Wildman–Crippen MR) is 112 cm³/mol. The molecule has 0 saturated heterocycles. The number of nitriles is 1. The van der Waals surface area contributed by atoms with Gasteiger partial charge in [0.15, 0.2) is 0 Å². The van der Waals surface area contributed by atoms with Crippen LogP contribution in [-0.2, 0) is 6.42 Å². The molecule has 0 aliphatic rings. The Hall–Kier alpha value is -2.07. The van der Waals surface area contributed by atoms with Crippen LogP contribution in [0.3, 0.4) is 0 Å². The largest absolute Gasteiger partial charge is 0.370 e. The molecule has 7 heteroatoms. The number of anilines is 1. The summed E-state index contributed by atoms with van der Waals surface area (Å²) in [4.78, 5) is 8.65. The third-order valence-electron chi connectivity index (χ3n) is 3.90. The van der Waals surface area contributed by atoms with E-state index in [4.69, 9.17) is 5.26 Å². The summed E-state index contributed by atoms with van der Waals surface area (Å²) >= 11 is 1.79. The summed E-state index contributed by atoms with van der Waals surface area (Å²) in [6.07, 6.45) is 9.30. The van der Waals surface area contributed by atoms with Crippen LogP contribution in [0.1, 0.15) is 44.9 Å². The highest BCUT2D eigenvalue weighted by atomic mass is 32.2. The lowest BCUT2D eigenvalue weighted by Crippen LogP contribution is -2.36. The van der Waals surface area contributed by atoms with Crippen molar-refractivity contribution in [1.29, 1.82) is 5.26 Å². The molecule has 1 aromatic rings. The normalized spacial score (nSPS) is 12.2. The molecule has 0 aliphatic heterocycles. The molecule has 0 aliphatic carbocycles. The molecule has 0 bridgehead atoms. The Labute approximate surface area is 161 Å². The fourth-order valence-corrected chi connectivity index (χ4v) is 3.18. The topological polar surface area (TPSA) is 77.2 Å². The summed E-state index contributed by atoms with van der Waals surface area (Å²) in [5.41, 5.74) is 1.80. The molecule has 142 valence electrons. The summed E-state index contributed by atoms with van der Waals surface area (Å²) in [6, 6.07) is 2.65. The first-order chi connectivity index (χ1) is 12.6. The number of thioether (sulfide) groups is 1. The summed E-state index contributed by atoms with van der Waals surface area (Å²) in [5.74, 6) is 1.81. The maximum absolute atomic E-state index is 9.15. The standard InChI is InChI=1S/C19H30N6S/c1-6-17-18(22-14-23-19(17)21-7-2)9-12-24-25(15(3)4)16(8-11-20)10-13-26-5/h6,12,14-16H,1,7-10,13H2,2-5H3,(H,21,22,23)/b24-12-/t16-/m0/s1. The number of nitrogens with zero attached hydrogens (tertiary/aromatic N) is 5. The van der Waals surface area contributed by atoms with Crippen molar-refractivity contribution < 1.29 is 0 Å². The van der Waals surface area contributed by atoms with Gasteiger partial charge in [-0.15, -0.1) is 0 Å². The van der Waals surface area contributed by atoms with Crippen LogP contribution in [0.15, 0.2) is 18.0 Å². The fourth-order valence-electron chi connectivity index (χ4n) is 2.68. The molecule has 1 aromatic heterocycles. The van der Waals surface area contributed by atoms with Crippen LogP contribution in [0.2, 0.25) is 0 Å². The Morgan fingerprint density at radius 2 is 2.23 bits per heavy atom. The van der Waals surface area contributed by atoms with Gasteiger partial charge in [-0.3, -0.25) is 5.01 Å². The Kier molecular flexibility index (Phi) is 10.4. The zero-order valence-corrected chi connectivity index (χ0v) is 17.1. The van der Waals surface area contributed by atoms with Crippen molar-refractivity contribution in [2.24, 2.45) is 5.10 Å². The van der Waals surface area contributed by atoms with Crippen LogP contribution < -0.4 is 5.32 Å². The maximum atomic E-state index is 9.15. The summed E-state index contributed by atoms with van der Waals surface area (Å²) in [7, 11) is 0. The lowest BCUT2D eigenvalue weighted by Gasteiger charge is -2.31. The molecule has 0 unspecified atom stereocenters. The first kappa shape index (κ1) is 22.0. The quantitative estimate of drug-likeness (QED) is 0.443. The van der Waals surface area contributed by atoms with E-state index in [1.165, 1.54) is 0 Å². The molecule has 0 fully saturated rings. The van der Waals surface area contributed by atoms with Gasteiger partial charge in [0.05, 0.1) is 24.2 Å². The molecule has 0 aromatic carbocycles. The van der Waals surface area contributed by atoms with Crippen molar-refractivity contribution in [3.63, 3.8) is 0 Å². The van der Waals surface area contributed by atoms with Crippen molar-refractivity contribution in [2.45, 2.75) is 52.1 Å². The van der Waals surface area contributed by atoms with E-state index in [1.54, 1.807) is 24.2 Å². The van der Waals surface area contributed by atoms with E-state index in [2.05, 4.69) is 53.1 Å². The van der Waals surface area contributed by atoms with Gasteiger partial charge < -0.3 is 5.32 Å². The molecule has 6 nitrogen and oxygen atoms in total. The minimum Gasteiger partial charge on any atom is -0.370 e. The highest BCUT2D eigenvalue weighted by Gasteiger charge is 2.19. The zero-order chi connectivity index (χ0) is 19.4. The number of aromatic nitrogens is 2. The first-order valence-corrected chi connectivity index (χ1v) is 10.3. The van der Waals surface area contributed by atoms with E-state index in [-0.39, 0.29) is 12.1 Å². The van der Waals surface area contributed by atoms with Crippen LogP contribution in [-0.4, -0.2) is 51.8 Å². The second-order valence-corrected chi connectivity index (χ2v) is 7.08. The van der Waals surface area contributed by atoms with Gasteiger partial charge >= 0.3 is 0 Å². The molecular formula is C19H30N6S. The second kappa shape index (κ2) is 12.3. The highest BCUT2D eigenvalue weighted by Crippen LogP contribution is 2.18. The molecule has 1 heterocycles. The number of hydrogen-bond acceptors (Lipinski definition) is 7. The molecule has 0 saturated carbocycles. The van der Waals surface area contributed by atoms with E-state index in [0.29, 0.717) is 12.8 Å². The smallest absolute Gasteiger partial charge is 0.136 e. The first-order valence-electron chi connectivity index (χ1n) is 8.95. The monoisotopic (exact) mass is 374 g/mol. The average molecular weight is 375 g/mol. The van der Waals surface area contributed by atoms with Crippen molar-refractivity contribution >= 4 is 29.9 Å². The Morgan fingerprint density at radius 1 is 1.46 bits per heavy atom. The third kappa shape index (κ3) is 6.68. The molecule has 1 rings (SSSR count). The Morgan fingerprint density at radius 3 is 2.81 bits per heavy atom. The van der Waals surface area contributed by atoms with E-state index < -0.39 is 0 Å². The number of rotatable bonds is 12. The van der Waals surface area contributed by atoms with Crippen LogP contribution >= 0.6 is 11.8 Å². The van der Waals surface area contributed by atoms with Gasteiger partial charge in [-0.1, -0.05) is 12.7 Å². The molecule has 0 radical (unpaired) electrons. The van der Waals surface area contributed by atoms with Crippen molar-refractivity contribution in [2.75, 3.05) is 23.9 Å². The van der Waals surface area contributed by atoms with Gasteiger partial charge in [-0.2, -0.15) is 22.1 Å². The summed E-state index contributed by atoms with van der Waals surface area (Å²) in [6.45, 7) is 10.9. The minimum absolute atomic E-state index is 0.130. The minimum atomic E-state index is 0.130. The van der Waals surface area contributed by atoms with Gasteiger partial charge in [-0.25, -0.2) is 9.97 Å². The molecule has 1 N–H and O–H groups in total. The fraction of sp³-hybridized carbons (Fsp3) is 0.579. The van der Waals surface area contributed by atoms with Gasteiger partial charge in [0.25, 0.3) is 0 Å². The highest BCUT2D eigenvalue weighted by molar-refractivity contribution is 7.98. The molecule has 0 amide bonds. The molecule has 1 atom stereocenters. The van der Waals surface area contributed by atoms with Crippen LogP contribution in [0.5, 0.6) is 0 Å². The lowest BCUT2D eigenvalue weighted by atomic mass is 10.1. The predicted octanol–water partition coefficient (Wildman–Crippen LogP) is 3.83. The summed E-state index contributed by atoms with van der Waals surface area (Å²) < 4.78 is 0. The number of nitrogens with one attached hydrogen (secondary N) is 1. The van der Waals surface area contributed by atoms with E-state index in [1.807, 2.05) is 18.1 Å². The average Bonchev–Trinajstić information content (AvgIpc) is 2.62. The molecular weight excluding hydrogens is 344 g/mol. The maximum Gasteiger partial charge on any atom is 0.136 e. The van der Waals surface area contributed by atoms with Gasteiger partial charge in [0.1, 0.15) is 12.1 Å². The van der Waals surface area contributed by atoms with Crippen LogP contribution in [0.4, 0.5) is 5.82 Å². The van der Waals surface area contributed by atoms with Gasteiger partial charge in [-0.05, 0) is 39.2 Å². The third-order valence-corrected chi connectivity index (χ3v) is 4.54. The van der Waals surface area contributed by atoms with E-state index >= 15 is 0 Å². The summed E-state index contributed by atoms with van der Waals surface area (Å²) in [5, 5.41) is 19.1. The Balaban J connectivity index is 2.93. The second-order valence-electron chi connectivity index (χ2n) is 6.09. The number of hydrazone groups is 1. The number of hydrogen-bond donors (Lipinski definition) is 1. The van der Waals surface area contributed by atoms with E-state index in [0.717, 1.165) is 35.8 Å². The Bertz CT molecular complexity index is 623.